The van der Waals surface area contributed by atoms with E-state index in [9.17, 15) is 0 Å². The maximum Gasteiger partial charge on any atom is 0.252 e. The van der Waals surface area contributed by atoms with Gasteiger partial charge in [0, 0.05) is 50.3 Å². The fraction of sp³-hybridized carbons (Fsp3) is 0.211. The van der Waals surface area contributed by atoms with Crippen molar-refractivity contribution < 1.29 is 0 Å². The molecule has 0 saturated carbocycles. The number of hydrogen-bond donors (Lipinski definition) is 0. The van der Waals surface area contributed by atoms with Crippen LogP contribution in [0.2, 0.25) is 0 Å². The van der Waals surface area contributed by atoms with Crippen LogP contribution in [0, 0.1) is 0 Å². The van der Waals surface area contributed by atoms with Gasteiger partial charge < -0.3 is 14.4 Å². The zero-order valence-electron chi connectivity index (χ0n) is 47.6. The third-order valence-electron chi connectivity index (χ3n) is 17.3. The molecule has 3 nitrogen and oxygen atoms in total. The van der Waals surface area contributed by atoms with E-state index in [-0.39, 0.29) is 12.1 Å². The second-order valence-corrected chi connectivity index (χ2v) is 23.5. The summed E-state index contributed by atoms with van der Waals surface area (Å²) in [5.74, 6) is 0. The van der Waals surface area contributed by atoms with E-state index in [1.54, 1.807) is 0 Å². The van der Waals surface area contributed by atoms with Gasteiger partial charge in [0.15, 0.2) is 0 Å². The van der Waals surface area contributed by atoms with E-state index in [1.807, 2.05) is 0 Å². The number of aryl methyl sites for hydroxylation is 3. The van der Waals surface area contributed by atoms with Gasteiger partial charge in [-0.15, -0.1) is 0 Å². The molecule has 0 atom stereocenters. The Hall–Kier alpha value is -8.34. The quantitative estimate of drug-likeness (QED) is 0.0948. The number of aromatic nitrogens is 1. The first-order valence-corrected chi connectivity index (χ1v) is 29.7. The Bertz CT molecular complexity index is 3930. The van der Waals surface area contributed by atoms with Gasteiger partial charge in [0.25, 0.3) is 6.71 Å². The molecule has 0 spiro atoms. The fourth-order valence-corrected chi connectivity index (χ4v) is 13.3. The van der Waals surface area contributed by atoms with E-state index in [4.69, 9.17) is 0 Å². The van der Waals surface area contributed by atoms with Gasteiger partial charge in [-0.1, -0.05) is 237 Å². The number of hydrogen-bond acceptors (Lipinski definition) is 2. The second kappa shape index (κ2) is 21.4. The van der Waals surface area contributed by atoms with Crippen LogP contribution in [-0.2, 0) is 24.7 Å². The molecule has 0 amide bonds. The number of benzene rings is 10. The van der Waals surface area contributed by atoms with Gasteiger partial charge in [0.2, 0.25) is 0 Å². The van der Waals surface area contributed by atoms with Crippen LogP contribution >= 0.6 is 0 Å². The van der Waals surface area contributed by atoms with Gasteiger partial charge in [0.05, 0.1) is 22.4 Å². The van der Waals surface area contributed by atoms with Crippen molar-refractivity contribution in [1.82, 2.24) is 4.57 Å². The predicted molar refractivity (Wildman–Crippen MR) is 346 cm³/mol. The van der Waals surface area contributed by atoms with Gasteiger partial charge in [-0.3, -0.25) is 0 Å². The normalized spacial score (nSPS) is 12.8. The van der Waals surface area contributed by atoms with Gasteiger partial charge in [-0.2, -0.15) is 0 Å². The van der Waals surface area contributed by atoms with Crippen molar-refractivity contribution in [2.24, 2.45) is 0 Å². The zero-order chi connectivity index (χ0) is 54.5. The van der Waals surface area contributed by atoms with Crippen LogP contribution in [0.1, 0.15) is 102 Å². The lowest BCUT2D eigenvalue weighted by molar-refractivity contribution is 0.590. The molecule has 0 radical (unpaired) electrons. The maximum atomic E-state index is 2.81. The summed E-state index contributed by atoms with van der Waals surface area (Å²) >= 11 is 0. The van der Waals surface area contributed by atoms with Crippen molar-refractivity contribution in [3.05, 3.63) is 241 Å². The van der Waals surface area contributed by atoms with Crippen LogP contribution < -0.4 is 26.2 Å². The number of nitrogens with zero attached hydrogens (tertiary/aromatic N) is 3. The Morgan fingerprint density at radius 2 is 0.900 bits per heavy atom. The molecular formula is C76H72BN3. The molecule has 394 valence electrons. The lowest BCUT2D eigenvalue weighted by Crippen LogP contribution is -2.61. The maximum absolute atomic E-state index is 2.81. The lowest BCUT2D eigenvalue weighted by Gasteiger charge is -2.46. The number of anilines is 6. The summed E-state index contributed by atoms with van der Waals surface area (Å²) in [7, 11) is 0. The molecule has 1 aromatic heterocycles. The Morgan fingerprint density at radius 3 is 1.45 bits per heavy atom. The molecule has 11 aromatic rings. The van der Waals surface area contributed by atoms with Crippen molar-refractivity contribution in [3.63, 3.8) is 0 Å². The summed E-state index contributed by atoms with van der Waals surface area (Å²) in [6.07, 6.45) is 10.0. The highest BCUT2D eigenvalue weighted by molar-refractivity contribution is 7.00. The molecular weight excluding hydrogens is 966 g/mol. The number of rotatable bonds is 15. The molecule has 2 aliphatic heterocycles. The Labute approximate surface area is 475 Å². The monoisotopic (exact) mass is 1040 g/mol. The lowest BCUT2D eigenvalue weighted by atomic mass is 9.33. The first kappa shape index (κ1) is 51.1. The Balaban J connectivity index is 1.20. The van der Waals surface area contributed by atoms with Crippen LogP contribution in [0.5, 0.6) is 0 Å². The summed E-state index contributed by atoms with van der Waals surface area (Å²) in [5.41, 5.74) is 27.9. The van der Waals surface area contributed by atoms with E-state index in [0.29, 0.717) is 0 Å². The van der Waals surface area contributed by atoms with Gasteiger partial charge in [-0.25, -0.2) is 0 Å². The number of unbranched alkanes of at least 4 members (excludes halogenated alkanes) is 3. The van der Waals surface area contributed by atoms with Crippen LogP contribution in [0.15, 0.2) is 218 Å². The second-order valence-electron chi connectivity index (χ2n) is 23.5. The summed E-state index contributed by atoms with van der Waals surface area (Å²) in [6.45, 7) is 14.2. The first-order chi connectivity index (χ1) is 39.2. The average Bonchev–Trinajstić information content (AvgIpc) is 3.99. The van der Waals surface area contributed by atoms with Crippen LogP contribution in [0.4, 0.5) is 34.1 Å². The van der Waals surface area contributed by atoms with Gasteiger partial charge in [0.1, 0.15) is 0 Å². The van der Waals surface area contributed by atoms with Crippen molar-refractivity contribution in [1.29, 1.82) is 0 Å². The molecule has 0 aliphatic carbocycles. The van der Waals surface area contributed by atoms with Crippen LogP contribution in [0.3, 0.4) is 0 Å². The highest BCUT2D eigenvalue weighted by Crippen LogP contribution is 2.52. The first-order valence-electron chi connectivity index (χ1n) is 29.7. The molecule has 0 bridgehead atoms. The smallest absolute Gasteiger partial charge is 0.252 e. The summed E-state index contributed by atoms with van der Waals surface area (Å²) in [4.78, 5) is 5.50. The highest BCUT2D eigenvalue weighted by Gasteiger charge is 2.46. The molecule has 13 rings (SSSR count). The fourth-order valence-electron chi connectivity index (χ4n) is 13.3. The minimum atomic E-state index is -0.192. The highest BCUT2D eigenvalue weighted by atomic mass is 15.2. The molecule has 0 unspecified atom stereocenters. The van der Waals surface area contributed by atoms with E-state index in [1.165, 1.54) is 146 Å². The van der Waals surface area contributed by atoms with Crippen LogP contribution in [0.25, 0.3) is 60.9 Å². The van der Waals surface area contributed by atoms with E-state index in [2.05, 4.69) is 274 Å². The number of fused-ring (bicyclic) bond motifs is 7. The summed E-state index contributed by atoms with van der Waals surface area (Å²) in [5, 5.41) is 2.54. The van der Waals surface area contributed by atoms with Crippen molar-refractivity contribution >= 4 is 79.0 Å². The molecule has 4 heteroatoms. The van der Waals surface area contributed by atoms with Crippen molar-refractivity contribution in [3.8, 4) is 39.1 Å². The predicted octanol–water partition coefficient (Wildman–Crippen LogP) is 19.2. The van der Waals surface area contributed by atoms with Gasteiger partial charge in [-0.05, 0) is 147 Å². The SMILES string of the molecule is CCCCc1cc(CCCC)c(N2c3cc(-n4c5ccccc5c5ccccc54)ccc3B3c4cc(-c5ccccc5)ccc4N(c4c(-c5ccccc5)cccc4-c4ccccc4)c4cc(C(C)(C)C)cc2c43)c(CCCC)c1. The van der Waals surface area contributed by atoms with E-state index >= 15 is 0 Å². The molecule has 0 saturated heterocycles. The molecule has 80 heavy (non-hydrogen) atoms. The van der Waals surface area contributed by atoms with Crippen molar-refractivity contribution in [2.45, 2.75) is 105 Å². The molecule has 3 heterocycles. The molecule has 0 N–H and O–H groups in total. The van der Waals surface area contributed by atoms with E-state index in [0.717, 1.165) is 44.9 Å². The van der Waals surface area contributed by atoms with Gasteiger partial charge >= 0.3 is 0 Å². The number of para-hydroxylation sites is 3. The minimum absolute atomic E-state index is 0.0894. The zero-order valence-corrected chi connectivity index (χ0v) is 47.6. The van der Waals surface area contributed by atoms with Crippen molar-refractivity contribution in [2.75, 3.05) is 9.80 Å². The molecule has 0 fully saturated rings. The summed E-state index contributed by atoms with van der Waals surface area (Å²) in [6, 6.07) is 83.4. The molecule has 10 aromatic carbocycles. The summed E-state index contributed by atoms with van der Waals surface area (Å²) < 4.78 is 2.52. The average molecular weight is 1040 g/mol. The van der Waals surface area contributed by atoms with Crippen LogP contribution in [-0.4, -0.2) is 11.3 Å². The topological polar surface area (TPSA) is 11.4 Å². The third-order valence-corrected chi connectivity index (χ3v) is 17.3. The third kappa shape index (κ3) is 8.94. The largest absolute Gasteiger partial charge is 0.311 e. The minimum Gasteiger partial charge on any atom is -0.311 e. The van der Waals surface area contributed by atoms with E-state index < -0.39 is 0 Å². The Kier molecular flexibility index (Phi) is 13.7. The molecule has 2 aliphatic rings. The Morgan fingerprint density at radius 1 is 0.388 bits per heavy atom. The standard InChI is InChI=1S/C76H72BN3/c1-7-10-27-52-46-57(28-11-8-2)74(58(47-52)29-12-9-3)80-70-51-60(78-67-40-24-22-36-63(67)64-37-23-25-41-68(64)78)43-44-65(70)77-66-48-56(53-30-16-13-17-31-53)42-45-69(66)79(71-49-59(76(4,5)6)50-72(80)73(71)77)75-61(54-32-18-14-19-33-54)38-26-39-62(75)55-34-20-15-21-35-55/h13-26,30-51H,7-12,27-29H2,1-6H3.